The predicted molar refractivity (Wildman–Crippen MR) is 128 cm³/mol. The Hall–Kier alpha value is -4.33. The van der Waals surface area contributed by atoms with Gasteiger partial charge in [-0.15, -0.1) is 5.10 Å². The van der Waals surface area contributed by atoms with E-state index in [1.54, 1.807) is 12.4 Å². The van der Waals surface area contributed by atoms with E-state index in [1.807, 2.05) is 55.5 Å². The van der Waals surface area contributed by atoms with Crippen molar-refractivity contribution in [3.05, 3.63) is 101 Å². The van der Waals surface area contributed by atoms with Crippen molar-refractivity contribution < 1.29 is 15.1 Å². The highest BCUT2D eigenvalue weighted by Gasteiger charge is 2.21. The lowest BCUT2D eigenvalue weighted by atomic mass is 9.83. The third-order valence-corrected chi connectivity index (χ3v) is 5.76. The maximum Gasteiger partial charge on any atom is 0.325 e. The Morgan fingerprint density at radius 1 is 1.09 bits per heavy atom. The average molecular weight is 456 g/mol. The number of carboxylic acid groups (broad SMARTS) is 1. The standard InChI is InChI=1S/C26H25N5O3/c1-17-5-3-4-6-22(17)23(14-24(29-34)21-11-12-27-18(2)13-21)19-7-9-20(10-8-19)25-15-31(30-28-25)16-26(32)33/h3-13,15,23,34H,14,16H2,1-2H3,(H,32,33)/t23-/m1/s1. The quantitative estimate of drug-likeness (QED) is 0.231. The molecule has 2 heterocycles. The maximum atomic E-state index is 10.9. The second-order valence-corrected chi connectivity index (χ2v) is 8.16. The molecule has 2 aromatic carbocycles. The normalized spacial score (nSPS) is 12.5. The topological polar surface area (TPSA) is 113 Å². The molecule has 2 N–H and O–H groups in total. The van der Waals surface area contributed by atoms with Crippen LogP contribution in [0.3, 0.4) is 0 Å². The van der Waals surface area contributed by atoms with Crippen molar-refractivity contribution in [3.8, 4) is 11.3 Å². The molecule has 0 bridgehead atoms. The van der Waals surface area contributed by atoms with Gasteiger partial charge in [-0.1, -0.05) is 58.9 Å². The number of aliphatic carboxylic acids is 1. The largest absolute Gasteiger partial charge is 0.480 e. The fraction of sp³-hybridized carbons (Fsp3) is 0.192. The summed E-state index contributed by atoms with van der Waals surface area (Å²) in [5.41, 5.74) is 7.06. The molecular formula is C26H25N5O3. The predicted octanol–water partition coefficient (Wildman–Crippen LogP) is 4.44. The van der Waals surface area contributed by atoms with Gasteiger partial charge in [0.2, 0.25) is 0 Å². The van der Waals surface area contributed by atoms with Crippen molar-refractivity contribution >= 4 is 11.7 Å². The number of carbonyl (C=O) groups is 1. The van der Waals surface area contributed by atoms with Crippen molar-refractivity contribution in [2.45, 2.75) is 32.7 Å². The fourth-order valence-electron chi connectivity index (χ4n) is 4.05. The Morgan fingerprint density at radius 3 is 2.53 bits per heavy atom. The monoisotopic (exact) mass is 455 g/mol. The van der Waals surface area contributed by atoms with Crippen LogP contribution in [0.2, 0.25) is 0 Å². The lowest BCUT2D eigenvalue weighted by Crippen LogP contribution is -2.12. The number of hydrogen-bond donors (Lipinski definition) is 2. The van der Waals surface area contributed by atoms with Crippen LogP contribution in [0.15, 0.2) is 78.2 Å². The van der Waals surface area contributed by atoms with Crippen molar-refractivity contribution in [2.75, 3.05) is 0 Å². The highest BCUT2D eigenvalue weighted by atomic mass is 16.4. The molecule has 0 aliphatic heterocycles. The average Bonchev–Trinajstić information content (AvgIpc) is 3.28. The fourth-order valence-corrected chi connectivity index (χ4v) is 4.05. The molecule has 0 amide bonds. The van der Waals surface area contributed by atoms with E-state index in [2.05, 4.69) is 39.5 Å². The number of aryl methyl sites for hydroxylation is 2. The number of rotatable bonds is 8. The summed E-state index contributed by atoms with van der Waals surface area (Å²) < 4.78 is 1.29. The molecule has 0 aliphatic carbocycles. The van der Waals surface area contributed by atoms with Gasteiger partial charge in [0.25, 0.3) is 0 Å². The van der Waals surface area contributed by atoms with Crippen LogP contribution in [-0.4, -0.2) is 42.0 Å². The Bertz CT molecular complexity index is 1330. The number of benzene rings is 2. The number of nitrogens with zero attached hydrogens (tertiary/aromatic N) is 5. The number of carboxylic acids is 1. The summed E-state index contributed by atoms with van der Waals surface area (Å²) in [6, 6.07) is 19.9. The van der Waals surface area contributed by atoms with E-state index in [0.717, 1.165) is 33.5 Å². The van der Waals surface area contributed by atoms with Gasteiger partial charge in [0.05, 0.1) is 11.9 Å². The molecule has 0 saturated heterocycles. The number of aromatic nitrogens is 4. The summed E-state index contributed by atoms with van der Waals surface area (Å²) in [6.45, 7) is 3.74. The first-order chi connectivity index (χ1) is 16.4. The maximum absolute atomic E-state index is 10.9. The van der Waals surface area contributed by atoms with E-state index in [4.69, 9.17) is 5.11 Å². The van der Waals surface area contributed by atoms with Gasteiger partial charge in [-0.25, -0.2) is 4.68 Å². The molecule has 0 saturated carbocycles. The lowest BCUT2D eigenvalue weighted by molar-refractivity contribution is -0.137. The van der Waals surface area contributed by atoms with Crippen LogP contribution in [0.5, 0.6) is 0 Å². The van der Waals surface area contributed by atoms with Gasteiger partial charge in [-0.3, -0.25) is 9.78 Å². The second kappa shape index (κ2) is 10.1. The first kappa shape index (κ1) is 22.8. The minimum atomic E-state index is -0.974. The Morgan fingerprint density at radius 2 is 1.85 bits per heavy atom. The Labute approximate surface area is 197 Å². The molecule has 4 aromatic rings. The smallest absolute Gasteiger partial charge is 0.325 e. The van der Waals surface area contributed by atoms with E-state index in [-0.39, 0.29) is 12.5 Å². The van der Waals surface area contributed by atoms with Crippen LogP contribution in [-0.2, 0) is 11.3 Å². The van der Waals surface area contributed by atoms with E-state index >= 15 is 0 Å². The third-order valence-electron chi connectivity index (χ3n) is 5.76. The summed E-state index contributed by atoms with van der Waals surface area (Å²) >= 11 is 0. The molecule has 0 fully saturated rings. The molecule has 34 heavy (non-hydrogen) atoms. The van der Waals surface area contributed by atoms with E-state index in [0.29, 0.717) is 17.8 Å². The van der Waals surface area contributed by atoms with Crippen LogP contribution < -0.4 is 0 Å². The van der Waals surface area contributed by atoms with Crippen LogP contribution in [0.1, 0.15) is 40.3 Å². The molecule has 172 valence electrons. The number of pyridine rings is 1. The Kier molecular flexibility index (Phi) is 6.77. The van der Waals surface area contributed by atoms with Crippen molar-refractivity contribution in [3.63, 3.8) is 0 Å². The van der Waals surface area contributed by atoms with Gasteiger partial charge in [-0.05, 0) is 42.7 Å². The molecular weight excluding hydrogens is 430 g/mol. The van der Waals surface area contributed by atoms with E-state index < -0.39 is 5.97 Å². The van der Waals surface area contributed by atoms with Gasteiger partial charge in [-0.2, -0.15) is 0 Å². The summed E-state index contributed by atoms with van der Waals surface area (Å²) in [5, 5.41) is 30.4. The summed E-state index contributed by atoms with van der Waals surface area (Å²) in [5.74, 6) is -1.02. The first-order valence-corrected chi connectivity index (χ1v) is 10.9. The zero-order valence-electron chi connectivity index (χ0n) is 19.0. The van der Waals surface area contributed by atoms with Crippen molar-refractivity contribution in [1.29, 1.82) is 0 Å². The van der Waals surface area contributed by atoms with Gasteiger partial charge < -0.3 is 10.3 Å². The first-order valence-electron chi connectivity index (χ1n) is 10.9. The minimum absolute atomic E-state index is 0.0442. The molecule has 0 aliphatic rings. The highest BCUT2D eigenvalue weighted by molar-refractivity contribution is 6.01. The zero-order valence-corrected chi connectivity index (χ0v) is 19.0. The molecule has 4 rings (SSSR count). The summed E-state index contributed by atoms with van der Waals surface area (Å²) in [7, 11) is 0. The van der Waals surface area contributed by atoms with Crippen LogP contribution in [0.25, 0.3) is 11.3 Å². The SMILES string of the molecule is Cc1cc(C(C[C@H](c2ccc(-c3cn(CC(=O)O)nn3)cc2)c2ccccc2C)=NO)ccn1. The molecule has 8 heteroatoms. The van der Waals surface area contributed by atoms with E-state index in [1.165, 1.54) is 4.68 Å². The number of oxime groups is 1. The summed E-state index contributed by atoms with van der Waals surface area (Å²) in [4.78, 5) is 15.2. The summed E-state index contributed by atoms with van der Waals surface area (Å²) in [6.07, 6.45) is 3.83. The zero-order chi connectivity index (χ0) is 24.1. The molecule has 2 aromatic heterocycles. The van der Waals surface area contributed by atoms with Crippen LogP contribution >= 0.6 is 0 Å². The lowest BCUT2D eigenvalue weighted by Gasteiger charge is -2.21. The molecule has 0 unspecified atom stereocenters. The van der Waals surface area contributed by atoms with Crippen molar-refractivity contribution in [2.24, 2.45) is 5.16 Å². The molecule has 8 nitrogen and oxygen atoms in total. The van der Waals surface area contributed by atoms with Gasteiger partial charge >= 0.3 is 5.97 Å². The van der Waals surface area contributed by atoms with Gasteiger partial charge in [0, 0.05) is 35.4 Å². The van der Waals surface area contributed by atoms with Gasteiger partial charge in [0.15, 0.2) is 0 Å². The third kappa shape index (κ3) is 5.17. The second-order valence-electron chi connectivity index (χ2n) is 8.16. The molecule has 0 radical (unpaired) electrons. The number of hydrogen-bond acceptors (Lipinski definition) is 6. The van der Waals surface area contributed by atoms with Crippen molar-refractivity contribution in [1.82, 2.24) is 20.0 Å². The van der Waals surface area contributed by atoms with E-state index in [9.17, 15) is 10.0 Å². The van der Waals surface area contributed by atoms with Gasteiger partial charge in [0.1, 0.15) is 12.2 Å². The minimum Gasteiger partial charge on any atom is -0.480 e. The highest BCUT2D eigenvalue weighted by Crippen LogP contribution is 2.33. The van der Waals surface area contributed by atoms with Crippen LogP contribution in [0.4, 0.5) is 0 Å². The Balaban J connectivity index is 1.67. The molecule has 0 spiro atoms. The van der Waals surface area contributed by atoms with Crippen LogP contribution in [0, 0.1) is 13.8 Å². The molecule has 1 atom stereocenters.